The monoisotopic (exact) mass is 614 g/mol. The van der Waals surface area contributed by atoms with Crippen LogP contribution in [0.3, 0.4) is 0 Å². The second-order valence-electron chi connectivity index (χ2n) is 7.07. The van der Waals surface area contributed by atoms with Crippen LogP contribution in [-0.4, -0.2) is 19.6 Å². The molecule has 6 rings (SSSR count). The number of hydrogen-bond acceptors (Lipinski definition) is 4. The van der Waals surface area contributed by atoms with Gasteiger partial charge in [-0.25, -0.2) is 4.98 Å². The molecule has 0 saturated carbocycles. The van der Waals surface area contributed by atoms with Crippen molar-refractivity contribution in [3.05, 3.63) is 97.8 Å². The number of nitrogens with zero attached hydrogens (tertiary/aromatic N) is 4. The molecule has 0 aliphatic carbocycles. The molecule has 0 saturated heterocycles. The Morgan fingerprint density at radius 3 is 2.69 bits per heavy atom. The summed E-state index contributed by atoms with van der Waals surface area (Å²) in [6.07, 6.45) is 8.59. The van der Waals surface area contributed by atoms with Gasteiger partial charge < -0.3 is 9.67 Å². The summed E-state index contributed by atoms with van der Waals surface area (Å²) < 4.78 is 5.85. The number of rotatable bonds is 3. The summed E-state index contributed by atoms with van der Waals surface area (Å²) in [5, 5.41) is 11.3. The van der Waals surface area contributed by atoms with E-state index in [1.165, 1.54) is 4.70 Å². The summed E-state index contributed by atoms with van der Waals surface area (Å²) in [5.74, 6) is 0.201. The first-order valence-corrected chi connectivity index (χ1v) is 10.6. The van der Waals surface area contributed by atoms with Gasteiger partial charge in [-0.15, -0.1) is 41.2 Å². The van der Waals surface area contributed by atoms with E-state index in [4.69, 9.17) is 0 Å². The first-order chi connectivity index (χ1) is 15.3. The zero-order valence-electron chi connectivity index (χ0n) is 16.5. The average molecular weight is 615 g/mol. The van der Waals surface area contributed by atoms with E-state index in [-0.39, 0.29) is 26.8 Å². The van der Waals surface area contributed by atoms with Crippen molar-refractivity contribution in [1.29, 1.82) is 0 Å². The second kappa shape index (κ2) is 8.30. The van der Waals surface area contributed by atoms with Gasteiger partial charge in [0.15, 0.2) is 0 Å². The number of imidazole rings is 1. The van der Waals surface area contributed by atoms with E-state index in [0.717, 1.165) is 32.5 Å². The van der Waals surface area contributed by atoms with Crippen molar-refractivity contribution in [3.8, 4) is 28.4 Å². The first kappa shape index (κ1) is 20.6. The second-order valence-corrected chi connectivity index (χ2v) is 8.13. The first-order valence-electron chi connectivity index (χ1n) is 9.74. The van der Waals surface area contributed by atoms with Crippen LogP contribution in [0.2, 0.25) is 0 Å². The van der Waals surface area contributed by atoms with Gasteiger partial charge in [-0.1, -0.05) is 30.3 Å². The maximum absolute atomic E-state index is 10.1. The average Bonchev–Trinajstić information content (AvgIpc) is 3.45. The topological polar surface area (TPSA) is 54.8 Å². The molecular weight excluding hydrogens is 599 g/mol. The number of phenolic OH excluding ortho intramolecular Hbond substituents is 1. The van der Waals surface area contributed by atoms with E-state index in [1.807, 2.05) is 59.4 Å². The van der Waals surface area contributed by atoms with Gasteiger partial charge in [0.25, 0.3) is 6.33 Å². The summed E-state index contributed by atoms with van der Waals surface area (Å²) in [4.78, 5) is 9.11. The molecule has 0 amide bonds. The number of para-hydroxylation sites is 2. The van der Waals surface area contributed by atoms with Crippen LogP contribution < -0.4 is 4.57 Å². The summed E-state index contributed by atoms with van der Waals surface area (Å²) in [6, 6.07) is 24.9. The fourth-order valence-electron chi connectivity index (χ4n) is 3.70. The minimum absolute atomic E-state index is 0. The molecule has 0 aliphatic heterocycles. The molecule has 3 aromatic carbocycles. The molecule has 5 nitrogen and oxygen atoms in total. The third kappa shape index (κ3) is 3.42. The van der Waals surface area contributed by atoms with Gasteiger partial charge in [0.05, 0.1) is 5.52 Å². The maximum atomic E-state index is 10.1. The molecule has 156 valence electrons. The third-order valence-electron chi connectivity index (χ3n) is 5.17. The fraction of sp³-hybridized carbons (Fsp3) is 0. The van der Waals surface area contributed by atoms with Crippen LogP contribution in [0.5, 0.6) is 5.75 Å². The molecule has 0 radical (unpaired) electrons. The fourth-order valence-corrected chi connectivity index (χ4v) is 4.86. The number of benzene rings is 3. The van der Waals surface area contributed by atoms with Crippen LogP contribution in [-0.2, 0) is 21.1 Å². The van der Waals surface area contributed by atoms with E-state index < -0.39 is 0 Å². The Hall–Kier alpha value is -3.34. The van der Waals surface area contributed by atoms with Crippen LogP contribution in [0.25, 0.3) is 42.9 Å². The number of aromatic hydroxyl groups is 1. The van der Waals surface area contributed by atoms with E-state index in [1.54, 1.807) is 34.4 Å². The maximum Gasteiger partial charge on any atom is 2.00 e. The van der Waals surface area contributed by atoms with Gasteiger partial charge in [0.2, 0.25) is 0 Å². The normalized spacial score (nSPS) is 11.0. The summed E-state index contributed by atoms with van der Waals surface area (Å²) in [5.41, 5.74) is 4.23. The van der Waals surface area contributed by atoms with Crippen LogP contribution in [0.4, 0.5) is 0 Å². The number of fused-ring (bicyclic) bond motifs is 3. The predicted molar refractivity (Wildman–Crippen MR) is 121 cm³/mol. The van der Waals surface area contributed by atoms with Crippen molar-refractivity contribution in [2.75, 3.05) is 0 Å². The minimum Gasteiger partial charge on any atom is -0.511 e. The number of thiophene rings is 1. The molecule has 6 aromatic rings. The number of hydrogen-bond donors (Lipinski definition) is 1. The molecule has 0 atom stereocenters. The van der Waals surface area contributed by atoms with Gasteiger partial charge >= 0.3 is 21.1 Å². The van der Waals surface area contributed by atoms with Crippen LogP contribution in [0, 0.1) is 12.4 Å². The molecule has 3 aromatic heterocycles. The van der Waals surface area contributed by atoms with Crippen molar-refractivity contribution in [2.45, 2.75) is 0 Å². The third-order valence-corrected chi connectivity index (χ3v) is 6.34. The van der Waals surface area contributed by atoms with Crippen LogP contribution in [0.15, 0.2) is 85.5 Å². The molecule has 0 aliphatic rings. The Kier molecular flexibility index (Phi) is 5.33. The molecule has 3 heterocycles. The Bertz CT molecular complexity index is 1570. The Morgan fingerprint density at radius 2 is 1.78 bits per heavy atom. The molecule has 0 unspecified atom stereocenters. The predicted octanol–water partition coefficient (Wildman–Crippen LogP) is 4.88. The van der Waals surface area contributed by atoms with Crippen molar-refractivity contribution in [1.82, 2.24) is 14.5 Å². The molecular formula is C25H15N4OPtS+. The van der Waals surface area contributed by atoms with Crippen molar-refractivity contribution >= 4 is 31.6 Å². The number of aromatic nitrogens is 4. The van der Waals surface area contributed by atoms with E-state index in [2.05, 4.69) is 34.5 Å². The number of phenols is 1. The summed E-state index contributed by atoms with van der Waals surface area (Å²) in [6.45, 7) is 0. The smallest absolute Gasteiger partial charge is 0.511 e. The standard InChI is InChI=1S/C25H15N4OS.Pt/c30-21-10-3-2-9-20(21)29-13-12-28(16-29)18-7-5-6-17(14-18)23-25-24(27-15-26-23)19-8-1-4-11-22(19)31-25;/h1-13,15,30H;/q-1;+2. The van der Waals surface area contributed by atoms with Gasteiger partial charge in [0, 0.05) is 32.9 Å². The summed E-state index contributed by atoms with van der Waals surface area (Å²) in [7, 11) is 0. The van der Waals surface area contributed by atoms with E-state index in [0.29, 0.717) is 5.69 Å². The zero-order chi connectivity index (χ0) is 20.8. The van der Waals surface area contributed by atoms with Crippen LogP contribution >= 0.6 is 11.3 Å². The Labute approximate surface area is 202 Å². The molecule has 0 bridgehead atoms. The Balaban J connectivity index is 0.00000216. The van der Waals surface area contributed by atoms with Crippen molar-refractivity contribution < 1.29 is 30.7 Å². The Morgan fingerprint density at radius 1 is 0.938 bits per heavy atom. The molecule has 0 fully saturated rings. The van der Waals surface area contributed by atoms with Gasteiger partial charge in [0.1, 0.15) is 17.8 Å². The SMILES string of the molecule is Oc1ccccc1-n1[c-][n+](-c2[c-]c(-c3ncnc4c3sc3ccccc34)ccc2)cc1.[Pt+2]. The molecule has 0 spiro atoms. The molecule has 32 heavy (non-hydrogen) atoms. The van der Waals surface area contributed by atoms with Crippen molar-refractivity contribution in [2.24, 2.45) is 0 Å². The van der Waals surface area contributed by atoms with E-state index >= 15 is 0 Å². The van der Waals surface area contributed by atoms with Gasteiger partial charge in [-0.2, -0.15) is 0 Å². The minimum atomic E-state index is 0. The molecule has 1 N–H and O–H groups in total. The van der Waals surface area contributed by atoms with E-state index in [9.17, 15) is 5.11 Å². The van der Waals surface area contributed by atoms with Crippen LogP contribution in [0.1, 0.15) is 0 Å². The summed E-state index contributed by atoms with van der Waals surface area (Å²) >= 11 is 1.70. The van der Waals surface area contributed by atoms with Crippen molar-refractivity contribution in [3.63, 3.8) is 0 Å². The molecule has 7 heteroatoms. The zero-order valence-corrected chi connectivity index (χ0v) is 19.6. The quantitative estimate of drug-likeness (QED) is 0.229. The van der Waals surface area contributed by atoms with Gasteiger partial charge in [-0.05, 0) is 23.9 Å². The van der Waals surface area contributed by atoms with Gasteiger partial charge in [-0.3, -0.25) is 9.55 Å². The largest absolute Gasteiger partial charge is 2.00 e.